The number of aromatic nitrogens is 1. The van der Waals surface area contributed by atoms with Crippen LogP contribution >= 0.6 is 11.3 Å². The molecule has 1 aliphatic heterocycles. The van der Waals surface area contributed by atoms with Crippen molar-refractivity contribution in [3.05, 3.63) is 16.1 Å². The Morgan fingerprint density at radius 3 is 3.06 bits per heavy atom. The molecule has 1 fully saturated rings. The minimum atomic E-state index is -0.315. The van der Waals surface area contributed by atoms with Crippen molar-refractivity contribution in [2.75, 3.05) is 13.1 Å². The monoisotopic (exact) mass is 250 g/mol. The molecule has 0 aromatic carbocycles. The molecule has 1 aromatic heterocycles. The van der Waals surface area contributed by atoms with Crippen molar-refractivity contribution in [3.8, 4) is 6.07 Å². The lowest BCUT2D eigenvalue weighted by Gasteiger charge is -2.03. The number of amides is 2. The zero-order valence-electron chi connectivity index (χ0n) is 9.14. The van der Waals surface area contributed by atoms with E-state index in [2.05, 4.69) is 10.3 Å². The second-order valence-electron chi connectivity index (χ2n) is 3.62. The Labute approximate surface area is 102 Å². The number of thiazole rings is 1. The van der Waals surface area contributed by atoms with E-state index in [9.17, 15) is 9.59 Å². The summed E-state index contributed by atoms with van der Waals surface area (Å²) in [7, 11) is 0. The number of carbonyl (C=O) groups is 2. The summed E-state index contributed by atoms with van der Waals surface area (Å²) in [6.45, 7) is 2.19. The van der Waals surface area contributed by atoms with E-state index in [0.29, 0.717) is 11.4 Å². The minimum absolute atomic E-state index is 0.0754. The van der Waals surface area contributed by atoms with Crippen LogP contribution in [0.4, 0.5) is 0 Å². The highest BCUT2D eigenvalue weighted by Gasteiger charge is 2.38. The molecule has 2 rings (SSSR count). The Hall–Kier alpha value is -1.94. The first-order chi connectivity index (χ1) is 8.11. The number of carbonyl (C=O) groups excluding carboxylic acids is 2. The molecule has 1 unspecified atom stereocenters. The molecule has 1 N–H and O–H groups in total. The van der Waals surface area contributed by atoms with E-state index in [4.69, 9.17) is 5.26 Å². The topological polar surface area (TPSA) is 85.9 Å². The summed E-state index contributed by atoms with van der Waals surface area (Å²) in [4.78, 5) is 28.9. The van der Waals surface area contributed by atoms with Crippen molar-refractivity contribution in [1.29, 1.82) is 5.26 Å². The number of hydrogen-bond donors (Lipinski definition) is 1. The maximum atomic E-state index is 11.6. The third-order valence-electron chi connectivity index (χ3n) is 2.33. The average molecular weight is 250 g/mol. The molecule has 1 saturated heterocycles. The first-order valence-corrected chi connectivity index (χ1v) is 5.83. The van der Waals surface area contributed by atoms with Crippen LogP contribution in [0, 0.1) is 18.3 Å². The Kier molecular flexibility index (Phi) is 3.06. The van der Waals surface area contributed by atoms with Gasteiger partial charge in [0.25, 0.3) is 5.91 Å². The number of nitrogens with one attached hydrogen (secondary N) is 1. The molecule has 6 nitrogen and oxygen atoms in total. The van der Waals surface area contributed by atoms with E-state index >= 15 is 0 Å². The molecule has 88 valence electrons. The molecule has 7 heteroatoms. The molecule has 2 heterocycles. The normalized spacial score (nSPS) is 17.4. The van der Waals surface area contributed by atoms with E-state index in [1.54, 1.807) is 6.92 Å². The summed E-state index contributed by atoms with van der Waals surface area (Å²) in [6, 6.07) is 1.66. The first kappa shape index (κ1) is 11.5. The Balaban J connectivity index is 1.81. The second kappa shape index (κ2) is 4.51. The smallest absolute Gasteiger partial charge is 0.263 e. The van der Waals surface area contributed by atoms with E-state index in [0.717, 1.165) is 5.01 Å². The lowest BCUT2D eigenvalue weighted by Crippen LogP contribution is -2.32. The molecular weight excluding hydrogens is 240 g/mol. The molecule has 17 heavy (non-hydrogen) atoms. The van der Waals surface area contributed by atoms with Crippen molar-refractivity contribution in [1.82, 2.24) is 15.2 Å². The highest BCUT2D eigenvalue weighted by molar-refractivity contribution is 7.13. The number of rotatable bonds is 3. The van der Waals surface area contributed by atoms with E-state index in [1.165, 1.54) is 22.4 Å². The fourth-order valence-electron chi connectivity index (χ4n) is 1.34. The van der Waals surface area contributed by atoms with E-state index in [1.807, 2.05) is 6.07 Å². The summed E-state index contributed by atoms with van der Waals surface area (Å²) in [5.41, 5.74) is 0. The Morgan fingerprint density at radius 1 is 1.76 bits per heavy atom. The predicted octanol–water partition coefficient (Wildman–Crippen LogP) is -0.0843. The third-order valence-corrected chi connectivity index (χ3v) is 3.24. The molecule has 0 aliphatic carbocycles. The SMILES string of the molecule is Cc1ncc(C(=O)NCC(=O)N2CC2C#N)s1. The van der Waals surface area contributed by atoms with Gasteiger partial charge in [-0.1, -0.05) is 0 Å². The zero-order chi connectivity index (χ0) is 12.4. The van der Waals surface area contributed by atoms with Crippen LogP contribution in [-0.4, -0.2) is 40.8 Å². The quantitative estimate of drug-likeness (QED) is 0.760. The van der Waals surface area contributed by atoms with Crippen LogP contribution in [-0.2, 0) is 4.79 Å². The van der Waals surface area contributed by atoms with Crippen molar-refractivity contribution in [2.45, 2.75) is 13.0 Å². The zero-order valence-corrected chi connectivity index (χ0v) is 9.95. The molecule has 0 radical (unpaired) electrons. The van der Waals surface area contributed by atoms with Crippen molar-refractivity contribution in [2.24, 2.45) is 0 Å². The maximum absolute atomic E-state index is 11.6. The fourth-order valence-corrected chi connectivity index (χ4v) is 2.03. The van der Waals surface area contributed by atoms with E-state index < -0.39 is 0 Å². The van der Waals surface area contributed by atoms with E-state index in [-0.39, 0.29) is 24.4 Å². The summed E-state index contributed by atoms with van der Waals surface area (Å²) >= 11 is 1.28. The largest absolute Gasteiger partial charge is 0.342 e. The maximum Gasteiger partial charge on any atom is 0.263 e. The van der Waals surface area contributed by atoms with Crippen molar-refractivity contribution < 1.29 is 9.59 Å². The van der Waals surface area contributed by atoms with Crippen molar-refractivity contribution in [3.63, 3.8) is 0 Å². The van der Waals surface area contributed by atoms with Gasteiger partial charge in [-0.2, -0.15) is 5.26 Å². The van der Waals surface area contributed by atoms with Gasteiger partial charge in [0.1, 0.15) is 10.9 Å². The van der Waals surface area contributed by atoms with Crippen LogP contribution in [0.15, 0.2) is 6.20 Å². The number of nitrogens with zero attached hydrogens (tertiary/aromatic N) is 3. The lowest BCUT2D eigenvalue weighted by molar-refractivity contribution is -0.124. The molecular formula is C10H10N4O2S. The fraction of sp³-hybridized carbons (Fsp3) is 0.400. The standard InChI is InChI=1S/C10H10N4O2S/c1-6-12-3-8(17-6)10(16)13-4-9(15)14-5-7(14)2-11/h3,7H,4-5H2,1H3,(H,13,16). The molecule has 1 aliphatic rings. The molecule has 0 bridgehead atoms. The van der Waals surface area contributed by atoms with Crippen LogP contribution in [0.1, 0.15) is 14.7 Å². The molecule has 1 aromatic rings. The van der Waals surface area contributed by atoms with Crippen LogP contribution in [0.25, 0.3) is 0 Å². The molecule has 0 spiro atoms. The van der Waals surface area contributed by atoms with Gasteiger partial charge in [-0.05, 0) is 6.92 Å². The minimum Gasteiger partial charge on any atom is -0.342 e. The number of aryl methyl sites for hydroxylation is 1. The Bertz CT molecular complexity index is 505. The van der Waals surface area contributed by atoms with Gasteiger partial charge in [0, 0.05) is 0 Å². The highest BCUT2D eigenvalue weighted by Crippen LogP contribution is 2.15. The number of hydrogen-bond acceptors (Lipinski definition) is 5. The van der Waals surface area contributed by atoms with Crippen molar-refractivity contribution >= 4 is 23.2 Å². The van der Waals surface area contributed by atoms with Gasteiger partial charge in [-0.3, -0.25) is 9.59 Å². The molecule has 2 amide bonds. The van der Waals surface area contributed by atoms with Gasteiger partial charge in [0.15, 0.2) is 0 Å². The van der Waals surface area contributed by atoms with Gasteiger partial charge in [-0.25, -0.2) is 4.98 Å². The first-order valence-electron chi connectivity index (χ1n) is 5.01. The summed E-state index contributed by atoms with van der Waals surface area (Å²) in [5, 5.41) is 11.9. The number of nitriles is 1. The third kappa shape index (κ3) is 2.60. The second-order valence-corrected chi connectivity index (χ2v) is 4.85. The summed E-state index contributed by atoms with van der Waals surface area (Å²) in [5.74, 6) is -0.537. The molecule has 1 atom stereocenters. The van der Waals surface area contributed by atoms with Crippen LogP contribution < -0.4 is 5.32 Å². The van der Waals surface area contributed by atoms with Gasteiger partial charge in [0.05, 0.1) is 30.4 Å². The summed E-state index contributed by atoms with van der Waals surface area (Å²) in [6.07, 6.45) is 1.48. The predicted molar refractivity (Wildman–Crippen MR) is 60.3 cm³/mol. The summed E-state index contributed by atoms with van der Waals surface area (Å²) < 4.78 is 0. The Morgan fingerprint density at radius 2 is 2.53 bits per heavy atom. The van der Waals surface area contributed by atoms with Gasteiger partial charge in [0.2, 0.25) is 5.91 Å². The lowest BCUT2D eigenvalue weighted by atomic mass is 10.4. The van der Waals surface area contributed by atoms with Gasteiger partial charge >= 0.3 is 0 Å². The van der Waals surface area contributed by atoms with Gasteiger partial charge in [-0.15, -0.1) is 11.3 Å². The van der Waals surface area contributed by atoms with Crippen LogP contribution in [0.3, 0.4) is 0 Å². The van der Waals surface area contributed by atoms with Crippen LogP contribution in [0.2, 0.25) is 0 Å². The molecule has 0 saturated carbocycles. The average Bonchev–Trinajstić information content (AvgIpc) is 3.00. The highest BCUT2D eigenvalue weighted by atomic mass is 32.1. The van der Waals surface area contributed by atoms with Gasteiger partial charge < -0.3 is 10.2 Å². The van der Waals surface area contributed by atoms with Crippen LogP contribution in [0.5, 0.6) is 0 Å².